The molecule has 3 unspecified atom stereocenters. The van der Waals surface area contributed by atoms with Gasteiger partial charge in [-0.25, -0.2) is 14.9 Å². The number of aromatic nitrogens is 5. The van der Waals surface area contributed by atoms with Crippen molar-refractivity contribution in [2.24, 2.45) is 0 Å². The fourth-order valence-corrected chi connectivity index (χ4v) is 7.97. The maximum absolute atomic E-state index is 9.82. The first kappa shape index (κ1) is 28.0. The summed E-state index contributed by atoms with van der Waals surface area (Å²) in [6, 6.07) is 9.05. The average molecular weight is 618 g/mol. The minimum atomic E-state index is -1.48. The van der Waals surface area contributed by atoms with Crippen molar-refractivity contribution in [1.82, 2.24) is 34.7 Å². The normalized spacial score (nSPS) is 24.8. The predicted molar refractivity (Wildman–Crippen MR) is 176 cm³/mol. The van der Waals surface area contributed by atoms with Gasteiger partial charge in [0.15, 0.2) is 0 Å². The van der Waals surface area contributed by atoms with Gasteiger partial charge in [0.2, 0.25) is 12.6 Å². The summed E-state index contributed by atoms with van der Waals surface area (Å²) in [4.78, 5) is 18.1. The van der Waals surface area contributed by atoms with Crippen LogP contribution in [0.25, 0.3) is 33.3 Å². The molecular weight excluding hydrogens is 578 g/mol. The first-order chi connectivity index (χ1) is 22.6. The van der Waals surface area contributed by atoms with E-state index in [2.05, 4.69) is 73.4 Å². The zero-order chi connectivity index (χ0) is 30.8. The maximum Gasteiger partial charge on any atom is 0.214 e. The zero-order valence-electron chi connectivity index (χ0n) is 25.7. The Morgan fingerprint density at radius 1 is 0.957 bits per heavy atom. The topological polar surface area (TPSA) is 127 Å². The van der Waals surface area contributed by atoms with Crippen molar-refractivity contribution in [3.8, 4) is 11.3 Å². The van der Waals surface area contributed by atoms with E-state index in [0.29, 0.717) is 12.6 Å². The van der Waals surface area contributed by atoms with Crippen LogP contribution in [-0.4, -0.2) is 59.1 Å². The molecule has 0 radical (unpaired) electrons. The lowest BCUT2D eigenvalue weighted by Gasteiger charge is -2.34. The summed E-state index contributed by atoms with van der Waals surface area (Å²) in [5, 5.41) is 24.3. The fraction of sp³-hybridized carbons (Fsp3) is 0.389. The van der Waals surface area contributed by atoms with E-state index in [1.807, 2.05) is 12.4 Å². The van der Waals surface area contributed by atoms with Crippen LogP contribution < -0.4 is 5.32 Å². The van der Waals surface area contributed by atoms with E-state index in [9.17, 15) is 10.2 Å². The van der Waals surface area contributed by atoms with Gasteiger partial charge in [-0.1, -0.05) is 24.3 Å². The number of aliphatic hydroxyl groups is 2. The maximum atomic E-state index is 9.82. The Bertz CT molecular complexity index is 1930. The molecule has 0 bridgehead atoms. The van der Waals surface area contributed by atoms with Gasteiger partial charge in [0, 0.05) is 28.6 Å². The van der Waals surface area contributed by atoms with Gasteiger partial charge in [0.05, 0.1) is 47.1 Å². The number of aliphatic hydroxyl groups excluding tert-OH is 1. The minimum absolute atomic E-state index is 0.128. The van der Waals surface area contributed by atoms with Crippen LogP contribution in [0.4, 0.5) is 0 Å². The van der Waals surface area contributed by atoms with E-state index >= 15 is 0 Å². The number of rotatable bonds is 6. The lowest BCUT2D eigenvalue weighted by Crippen LogP contribution is -2.34. The summed E-state index contributed by atoms with van der Waals surface area (Å²) in [6.45, 7) is 1.69. The van der Waals surface area contributed by atoms with E-state index in [1.54, 1.807) is 4.90 Å². The van der Waals surface area contributed by atoms with Gasteiger partial charge < -0.3 is 34.8 Å². The molecule has 3 aromatic heterocycles. The lowest BCUT2D eigenvalue weighted by molar-refractivity contribution is -0.161. The largest absolute Gasteiger partial charge is 0.466 e. The number of hydrogen-bond acceptors (Lipinski definition) is 7. The highest BCUT2D eigenvalue weighted by Gasteiger charge is 2.34. The zero-order valence-corrected chi connectivity index (χ0v) is 25.7. The molecule has 1 aromatic carbocycles. The standard InChI is InChI=1S/C36H39N7O3/c44-36(45)42-15-5-9-30(42)34-39-20-27(41-34)22-11-13-29-24(16-22)17-31-25-12-10-23(28-19-38-33(40-28)26-8-4-14-37-26)18-32(25)46-35(43(29)31)21-6-2-1-3-7-21/h2,6-7,11,13,16-20,26,30,35-37,44-45H,1,3-5,8-10,12,14-15H2,(H,38,40)(H,39,41). The van der Waals surface area contributed by atoms with Crippen LogP contribution in [0.15, 0.2) is 72.3 Å². The second-order valence-electron chi connectivity index (χ2n) is 13.1. The molecule has 0 amide bonds. The number of benzene rings is 1. The number of aromatic amines is 2. The van der Waals surface area contributed by atoms with Crippen molar-refractivity contribution in [3.63, 3.8) is 0 Å². The Morgan fingerprint density at radius 3 is 2.70 bits per heavy atom. The third-order valence-electron chi connectivity index (χ3n) is 10.3. The summed E-state index contributed by atoms with van der Waals surface area (Å²) in [5.74, 6) is 2.74. The number of allylic oxidation sites excluding steroid dienone is 5. The molecule has 9 rings (SSSR count). The Labute approximate surface area is 267 Å². The van der Waals surface area contributed by atoms with Gasteiger partial charge in [-0.15, -0.1) is 0 Å². The van der Waals surface area contributed by atoms with Gasteiger partial charge in [-0.2, -0.15) is 0 Å². The van der Waals surface area contributed by atoms with Crippen LogP contribution in [0.2, 0.25) is 0 Å². The molecule has 10 nitrogen and oxygen atoms in total. The predicted octanol–water partition coefficient (Wildman–Crippen LogP) is 5.98. The summed E-state index contributed by atoms with van der Waals surface area (Å²) in [5.41, 5.74) is 9.04. The van der Waals surface area contributed by atoms with Gasteiger partial charge in [-0.05, 0) is 87.8 Å². The van der Waals surface area contributed by atoms with Gasteiger partial charge in [0.1, 0.15) is 17.4 Å². The monoisotopic (exact) mass is 617 g/mol. The van der Waals surface area contributed by atoms with E-state index in [0.717, 1.165) is 96.8 Å². The summed E-state index contributed by atoms with van der Waals surface area (Å²) in [6.07, 6.45) is 19.0. The van der Waals surface area contributed by atoms with Gasteiger partial charge >= 0.3 is 0 Å². The molecule has 236 valence electrons. The van der Waals surface area contributed by atoms with Crippen LogP contribution >= 0.6 is 0 Å². The van der Waals surface area contributed by atoms with E-state index in [-0.39, 0.29) is 12.3 Å². The van der Waals surface area contributed by atoms with Crippen molar-refractivity contribution in [2.45, 2.75) is 76.1 Å². The van der Waals surface area contributed by atoms with Crippen LogP contribution in [0.3, 0.4) is 0 Å². The molecule has 3 atom stereocenters. The molecule has 0 saturated carbocycles. The Balaban J connectivity index is 1.09. The molecule has 5 N–H and O–H groups in total. The molecule has 2 saturated heterocycles. The van der Waals surface area contributed by atoms with Crippen LogP contribution in [0.5, 0.6) is 0 Å². The summed E-state index contributed by atoms with van der Waals surface area (Å²) in [7, 11) is 0. The number of nitrogens with zero attached hydrogens (tertiary/aromatic N) is 4. The second-order valence-corrected chi connectivity index (χ2v) is 13.1. The lowest BCUT2D eigenvalue weighted by atomic mass is 9.92. The molecule has 3 aliphatic heterocycles. The van der Waals surface area contributed by atoms with Gasteiger partial charge in [0.25, 0.3) is 0 Å². The molecule has 4 aromatic rings. The highest BCUT2D eigenvalue weighted by molar-refractivity contribution is 5.91. The minimum Gasteiger partial charge on any atom is -0.466 e. The molecule has 0 spiro atoms. The van der Waals surface area contributed by atoms with Gasteiger partial charge in [-0.3, -0.25) is 0 Å². The summed E-state index contributed by atoms with van der Waals surface area (Å²) < 4.78 is 9.29. The quantitative estimate of drug-likeness (QED) is 0.169. The van der Waals surface area contributed by atoms with E-state index in [1.165, 1.54) is 28.8 Å². The van der Waals surface area contributed by atoms with Crippen LogP contribution in [0, 0.1) is 0 Å². The number of nitrogens with one attached hydrogen (secondary N) is 3. The van der Waals surface area contributed by atoms with Crippen molar-refractivity contribution in [1.29, 1.82) is 0 Å². The van der Waals surface area contributed by atoms with Crippen LogP contribution in [0.1, 0.15) is 92.7 Å². The molecule has 2 fully saturated rings. The Kier molecular flexibility index (Phi) is 6.85. The number of H-pyrrole nitrogens is 2. The molecule has 6 heterocycles. The number of ether oxygens (including phenoxy) is 1. The highest BCUT2D eigenvalue weighted by Crippen LogP contribution is 2.46. The highest BCUT2D eigenvalue weighted by atomic mass is 16.5. The Hall–Kier alpha value is -4.22. The third kappa shape index (κ3) is 4.70. The number of imidazole rings is 2. The SMILES string of the molecule is OC(O)N1CCCC1c1ncc(-c2ccc3c(c2)cc2n3C(C3=CCCC=C3)OC3=C2CCC(c2cnc(C4CCCN4)[nH]2)=C3)[nH]1. The smallest absolute Gasteiger partial charge is 0.214 e. The number of hydrogen-bond donors (Lipinski definition) is 5. The van der Waals surface area contributed by atoms with Crippen molar-refractivity contribution < 1.29 is 14.9 Å². The molecular formula is C36H39N7O3. The Morgan fingerprint density at radius 2 is 1.85 bits per heavy atom. The molecule has 5 aliphatic rings. The van der Waals surface area contributed by atoms with Crippen molar-refractivity contribution in [3.05, 3.63) is 95.3 Å². The average Bonchev–Trinajstić information content (AvgIpc) is 3.93. The fourth-order valence-electron chi connectivity index (χ4n) is 7.97. The van der Waals surface area contributed by atoms with E-state index < -0.39 is 6.41 Å². The van der Waals surface area contributed by atoms with Crippen molar-refractivity contribution >= 4 is 22.0 Å². The molecule has 2 aliphatic carbocycles. The first-order valence-corrected chi connectivity index (χ1v) is 16.7. The van der Waals surface area contributed by atoms with Crippen LogP contribution in [-0.2, 0) is 4.74 Å². The van der Waals surface area contributed by atoms with Crippen molar-refractivity contribution in [2.75, 3.05) is 13.1 Å². The number of likely N-dealkylation sites (tertiary alicyclic amines) is 1. The summed E-state index contributed by atoms with van der Waals surface area (Å²) >= 11 is 0. The third-order valence-corrected chi connectivity index (χ3v) is 10.3. The van der Waals surface area contributed by atoms with E-state index in [4.69, 9.17) is 9.72 Å². The second kappa shape index (κ2) is 11.2. The molecule has 10 heteroatoms. The first-order valence-electron chi connectivity index (χ1n) is 16.7. The molecule has 46 heavy (non-hydrogen) atoms. The number of fused-ring (bicyclic) bond motifs is 4.